The molecule has 0 bridgehead atoms. The molecule has 1 aromatic heterocycles. The Kier molecular flexibility index (Phi) is 6.29. The van der Waals surface area contributed by atoms with Gasteiger partial charge in [-0.3, -0.25) is 0 Å². The minimum absolute atomic E-state index is 0.210. The number of aromatic nitrogens is 2. The van der Waals surface area contributed by atoms with Gasteiger partial charge in [0.25, 0.3) is 0 Å². The lowest BCUT2D eigenvalue weighted by Crippen LogP contribution is -2.30. The van der Waals surface area contributed by atoms with Gasteiger partial charge >= 0.3 is 6.03 Å². The number of nitrogens with zero attached hydrogens (tertiary/aromatic N) is 2. The molecule has 0 aliphatic heterocycles. The third-order valence-electron chi connectivity index (χ3n) is 3.00. The van der Waals surface area contributed by atoms with Gasteiger partial charge < -0.3 is 19.9 Å². The largest absolute Gasteiger partial charge is 0.494 e. The van der Waals surface area contributed by atoms with Gasteiger partial charge in [0.05, 0.1) is 12.9 Å². The van der Waals surface area contributed by atoms with Crippen molar-refractivity contribution in [1.29, 1.82) is 0 Å². The summed E-state index contributed by atoms with van der Waals surface area (Å²) in [6, 6.07) is 7.19. The molecule has 6 nitrogen and oxygen atoms in total. The normalized spacial score (nSPS) is 10.2. The predicted octanol–water partition coefficient (Wildman–Crippen LogP) is 2.88. The highest BCUT2D eigenvalue weighted by atomic mass is 16.5. The number of imidazole rings is 1. The van der Waals surface area contributed by atoms with E-state index in [0.29, 0.717) is 13.2 Å². The van der Waals surface area contributed by atoms with Crippen LogP contribution in [0.4, 0.5) is 10.5 Å². The Morgan fingerprint density at radius 3 is 3.09 bits per heavy atom. The number of anilines is 1. The Morgan fingerprint density at radius 2 is 2.32 bits per heavy atom. The van der Waals surface area contributed by atoms with Gasteiger partial charge in [-0.25, -0.2) is 9.78 Å². The smallest absolute Gasteiger partial charge is 0.319 e. The third-order valence-corrected chi connectivity index (χ3v) is 3.00. The number of nitrogens with one attached hydrogen (secondary N) is 2. The van der Waals surface area contributed by atoms with Crippen LogP contribution in [0.1, 0.15) is 19.8 Å². The number of amides is 2. The van der Waals surface area contributed by atoms with E-state index < -0.39 is 0 Å². The maximum absolute atomic E-state index is 11.8. The van der Waals surface area contributed by atoms with Crippen molar-refractivity contribution in [2.24, 2.45) is 0 Å². The summed E-state index contributed by atoms with van der Waals surface area (Å²) < 4.78 is 7.52. The van der Waals surface area contributed by atoms with Crippen LogP contribution in [-0.4, -0.2) is 28.7 Å². The molecule has 0 radical (unpaired) electrons. The summed E-state index contributed by atoms with van der Waals surface area (Å²) in [6.07, 6.45) is 7.22. The fraction of sp³-hybridized carbons (Fsp3) is 0.375. The Labute approximate surface area is 130 Å². The molecule has 2 N–H and O–H groups in total. The highest BCUT2D eigenvalue weighted by Crippen LogP contribution is 2.17. The topological polar surface area (TPSA) is 68.2 Å². The molecule has 2 amide bonds. The van der Waals surface area contributed by atoms with Crippen LogP contribution in [0.15, 0.2) is 43.0 Å². The summed E-state index contributed by atoms with van der Waals surface area (Å²) in [5.74, 6) is 0.764. The maximum Gasteiger partial charge on any atom is 0.319 e. The van der Waals surface area contributed by atoms with Crippen LogP contribution in [0.25, 0.3) is 0 Å². The van der Waals surface area contributed by atoms with E-state index in [9.17, 15) is 4.79 Å². The summed E-state index contributed by atoms with van der Waals surface area (Å²) in [5.41, 5.74) is 0.723. The number of aryl methyl sites for hydroxylation is 1. The number of carbonyl (C=O) groups excluding carboxylic acids is 1. The van der Waals surface area contributed by atoms with Crippen molar-refractivity contribution in [3.63, 3.8) is 0 Å². The molecule has 0 aliphatic rings. The zero-order valence-corrected chi connectivity index (χ0v) is 12.8. The SMILES string of the molecule is CCCOc1cccc(NC(=O)NCCCn2ccnc2)c1. The van der Waals surface area contributed by atoms with Crippen molar-refractivity contribution in [3.05, 3.63) is 43.0 Å². The first-order valence-electron chi connectivity index (χ1n) is 7.51. The van der Waals surface area contributed by atoms with Gasteiger partial charge in [0, 0.05) is 37.2 Å². The Balaban J connectivity index is 1.69. The first-order chi connectivity index (χ1) is 10.8. The average molecular weight is 302 g/mol. The number of hydrogen-bond acceptors (Lipinski definition) is 3. The van der Waals surface area contributed by atoms with Crippen LogP contribution >= 0.6 is 0 Å². The first-order valence-corrected chi connectivity index (χ1v) is 7.51. The number of ether oxygens (including phenoxy) is 1. The van der Waals surface area contributed by atoms with Crippen molar-refractivity contribution in [1.82, 2.24) is 14.9 Å². The molecule has 2 rings (SSSR count). The molecule has 0 saturated heterocycles. The fourth-order valence-electron chi connectivity index (χ4n) is 1.94. The van der Waals surface area contributed by atoms with E-state index in [1.807, 2.05) is 35.0 Å². The zero-order valence-electron chi connectivity index (χ0n) is 12.8. The summed E-state index contributed by atoms with van der Waals surface area (Å²) >= 11 is 0. The van der Waals surface area contributed by atoms with E-state index in [4.69, 9.17) is 4.74 Å². The highest BCUT2D eigenvalue weighted by molar-refractivity contribution is 5.89. The molecule has 1 aromatic carbocycles. The molecular weight excluding hydrogens is 280 g/mol. The van der Waals surface area contributed by atoms with Crippen molar-refractivity contribution in [2.45, 2.75) is 26.3 Å². The lowest BCUT2D eigenvalue weighted by Gasteiger charge is -2.10. The number of carbonyl (C=O) groups is 1. The van der Waals surface area contributed by atoms with Crippen LogP contribution in [-0.2, 0) is 6.54 Å². The van der Waals surface area contributed by atoms with E-state index in [1.165, 1.54) is 0 Å². The maximum atomic E-state index is 11.8. The average Bonchev–Trinajstić information content (AvgIpc) is 3.03. The molecule has 0 aliphatic carbocycles. The van der Waals surface area contributed by atoms with Crippen molar-refractivity contribution in [3.8, 4) is 5.75 Å². The highest BCUT2D eigenvalue weighted by Gasteiger charge is 2.02. The van der Waals surface area contributed by atoms with Gasteiger partial charge in [-0.15, -0.1) is 0 Å². The molecule has 22 heavy (non-hydrogen) atoms. The minimum Gasteiger partial charge on any atom is -0.494 e. The zero-order chi connectivity index (χ0) is 15.6. The van der Waals surface area contributed by atoms with Crippen LogP contribution in [0.2, 0.25) is 0 Å². The third kappa shape index (κ3) is 5.47. The standard InChI is InChI=1S/C16H22N4O2/c1-2-11-22-15-6-3-5-14(12-15)19-16(21)18-7-4-9-20-10-8-17-13-20/h3,5-6,8,10,12-13H,2,4,7,9,11H2,1H3,(H2,18,19,21). The van der Waals surface area contributed by atoms with E-state index in [0.717, 1.165) is 30.8 Å². The van der Waals surface area contributed by atoms with Gasteiger partial charge in [-0.2, -0.15) is 0 Å². The predicted molar refractivity (Wildman–Crippen MR) is 86.1 cm³/mol. The van der Waals surface area contributed by atoms with Crippen LogP contribution in [0.3, 0.4) is 0 Å². The van der Waals surface area contributed by atoms with Gasteiger partial charge in [-0.1, -0.05) is 13.0 Å². The Morgan fingerprint density at radius 1 is 1.41 bits per heavy atom. The summed E-state index contributed by atoms with van der Waals surface area (Å²) in [5, 5.41) is 5.63. The van der Waals surface area contributed by atoms with E-state index in [-0.39, 0.29) is 6.03 Å². The summed E-state index contributed by atoms with van der Waals surface area (Å²) in [7, 11) is 0. The lowest BCUT2D eigenvalue weighted by molar-refractivity contribution is 0.252. The van der Waals surface area contributed by atoms with Gasteiger partial charge in [-0.05, 0) is 25.0 Å². The van der Waals surface area contributed by atoms with Crippen molar-refractivity contribution in [2.75, 3.05) is 18.5 Å². The van der Waals surface area contributed by atoms with E-state index in [2.05, 4.69) is 22.5 Å². The van der Waals surface area contributed by atoms with Crippen LogP contribution in [0, 0.1) is 0 Å². The van der Waals surface area contributed by atoms with Gasteiger partial charge in [0.15, 0.2) is 0 Å². The van der Waals surface area contributed by atoms with Crippen molar-refractivity contribution < 1.29 is 9.53 Å². The Hall–Kier alpha value is -2.50. The molecule has 0 fully saturated rings. The molecule has 0 unspecified atom stereocenters. The molecule has 1 heterocycles. The second-order valence-electron chi connectivity index (χ2n) is 4.91. The number of hydrogen-bond donors (Lipinski definition) is 2. The first kappa shape index (κ1) is 15.9. The second-order valence-corrected chi connectivity index (χ2v) is 4.91. The van der Waals surface area contributed by atoms with Gasteiger partial charge in [0.1, 0.15) is 5.75 Å². The van der Waals surface area contributed by atoms with Crippen LogP contribution < -0.4 is 15.4 Å². The molecule has 0 saturated carbocycles. The molecule has 118 valence electrons. The number of urea groups is 1. The van der Waals surface area contributed by atoms with E-state index >= 15 is 0 Å². The van der Waals surface area contributed by atoms with Crippen molar-refractivity contribution >= 4 is 11.7 Å². The summed E-state index contributed by atoms with van der Waals surface area (Å²) in [4.78, 5) is 15.8. The van der Waals surface area contributed by atoms with E-state index in [1.54, 1.807) is 12.5 Å². The summed E-state index contributed by atoms with van der Waals surface area (Å²) in [6.45, 7) is 4.17. The minimum atomic E-state index is -0.210. The molecule has 0 spiro atoms. The van der Waals surface area contributed by atoms with Crippen LogP contribution in [0.5, 0.6) is 5.75 Å². The monoisotopic (exact) mass is 302 g/mol. The van der Waals surface area contributed by atoms with Gasteiger partial charge in [0.2, 0.25) is 0 Å². The second kappa shape index (κ2) is 8.71. The molecule has 6 heteroatoms. The molecule has 2 aromatic rings. The number of benzene rings is 1. The fourth-order valence-corrected chi connectivity index (χ4v) is 1.94. The Bertz CT molecular complexity index is 569. The quantitative estimate of drug-likeness (QED) is 0.737. The number of rotatable bonds is 8. The molecular formula is C16H22N4O2. The lowest BCUT2D eigenvalue weighted by atomic mass is 10.3. The molecule has 0 atom stereocenters.